The van der Waals surface area contributed by atoms with Gasteiger partial charge < -0.3 is 18.9 Å². The molecule has 1 saturated carbocycles. The third-order valence-electron chi connectivity index (χ3n) is 3.67. The van der Waals surface area contributed by atoms with Crippen molar-refractivity contribution in [1.29, 1.82) is 0 Å². The van der Waals surface area contributed by atoms with E-state index in [1.165, 1.54) is 20.8 Å². The van der Waals surface area contributed by atoms with Gasteiger partial charge in [-0.2, -0.15) is 0 Å². The molecule has 2 aliphatic rings. The fourth-order valence-corrected chi connectivity index (χ4v) is 3.13. The number of halogens is 1. The molecule has 1 aliphatic carbocycles. The summed E-state index contributed by atoms with van der Waals surface area (Å²) in [5.74, 6) is -2.97. The number of carbonyl (C=O) groups is 4. The SMILES string of the molecule is CC(=O)OC[C@H]1O[C@H]2[C@H](C(=O)[C@@H]2Cl)[C@@H](OC(C)=O)[C@@H]1OC(C)=O. The van der Waals surface area contributed by atoms with Crippen LogP contribution in [0.4, 0.5) is 0 Å². The van der Waals surface area contributed by atoms with E-state index in [1.54, 1.807) is 0 Å². The van der Waals surface area contributed by atoms with Crippen molar-refractivity contribution in [2.45, 2.75) is 50.6 Å². The molecule has 8 nitrogen and oxygen atoms in total. The Morgan fingerprint density at radius 1 is 1.04 bits per heavy atom. The Bertz CT molecular complexity index is 533. The number of esters is 3. The van der Waals surface area contributed by atoms with Crippen LogP contribution in [-0.2, 0) is 38.1 Å². The summed E-state index contributed by atoms with van der Waals surface area (Å²) in [6.45, 7) is 3.35. The average Bonchev–Trinajstić information content (AvgIpc) is 2.45. The summed E-state index contributed by atoms with van der Waals surface area (Å²) in [6.07, 6.45) is -3.67. The number of rotatable bonds is 4. The van der Waals surface area contributed by atoms with Gasteiger partial charge in [0.25, 0.3) is 0 Å². The summed E-state index contributed by atoms with van der Waals surface area (Å²) in [6, 6.07) is 0. The number of hydrogen-bond donors (Lipinski definition) is 0. The third-order valence-corrected chi connectivity index (χ3v) is 4.14. The van der Waals surface area contributed by atoms with Gasteiger partial charge >= 0.3 is 17.9 Å². The number of ketones is 1. The first-order valence-corrected chi connectivity index (χ1v) is 7.47. The van der Waals surface area contributed by atoms with Crippen LogP contribution in [0.15, 0.2) is 0 Å². The predicted molar refractivity (Wildman–Crippen MR) is 74.5 cm³/mol. The highest BCUT2D eigenvalue weighted by atomic mass is 35.5. The lowest BCUT2D eigenvalue weighted by Crippen LogP contribution is -2.70. The highest BCUT2D eigenvalue weighted by molar-refractivity contribution is 6.34. The van der Waals surface area contributed by atoms with Crippen molar-refractivity contribution in [2.24, 2.45) is 5.92 Å². The van der Waals surface area contributed by atoms with Crippen LogP contribution in [0, 0.1) is 5.92 Å². The number of hydrogen-bond acceptors (Lipinski definition) is 8. The minimum Gasteiger partial charge on any atom is -0.463 e. The zero-order chi connectivity index (χ0) is 17.3. The zero-order valence-corrected chi connectivity index (χ0v) is 13.6. The smallest absolute Gasteiger partial charge is 0.303 e. The molecule has 2 fully saturated rings. The summed E-state index contributed by atoms with van der Waals surface area (Å²) in [5, 5.41) is -0.879. The van der Waals surface area contributed by atoms with E-state index in [0.29, 0.717) is 0 Å². The first kappa shape index (κ1) is 17.7. The number of alkyl halides is 1. The Labute approximate surface area is 137 Å². The summed E-state index contributed by atoms with van der Waals surface area (Å²) in [7, 11) is 0. The molecule has 0 unspecified atom stereocenters. The van der Waals surface area contributed by atoms with Crippen LogP contribution in [0.2, 0.25) is 0 Å². The fraction of sp³-hybridized carbons (Fsp3) is 0.714. The molecule has 6 atom stereocenters. The molecule has 9 heteroatoms. The quantitative estimate of drug-likeness (QED) is 0.397. The van der Waals surface area contributed by atoms with Crippen LogP contribution in [0.5, 0.6) is 0 Å². The van der Waals surface area contributed by atoms with Crippen LogP contribution < -0.4 is 0 Å². The van der Waals surface area contributed by atoms with E-state index in [9.17, 15) is 19.2 Å². The first-order chi connectivity index (χ1) is 10.7. The summed E-state index contributed by atoms with van der Waals surface area (Å²) < 4.78 is 20.9. The monoisotopic (exact) mass is 348 g/mol. The molecule has 1 saturated heterocycles. The molecule has 0 N–H and O–H groups in total. The molecule has 2 rings (SSSR count). The molecule has 0 aromatic rings. The largest absolute Gasteiger partial charge is 0.463 e. The van der Waals surface area contributed by atoms with Gasteiger partial charge in [0.05, 0.1) is 12.0 Å². The minimum absolute atomic E-state index is 0.216. The van der Waals surface area contributed by atoms with Crippen molar-refractivity contribution in [2.75, 3.05) is 6.61 Å². The van der Waals surface area contributed by atoms with Gasteiger partial charge in [-0.25, -0.2) is 0 Å². The molecule has 0 aromatic carbocycles. The maximum atomic E-state index is 12.0. The molecule has 0 amide bonds. The van der Waals surface area contributed by atoms with Crippen LogP contribution in [-0.4, -0.2) is 60.1 Å². The Hall–Kier alpha value is -1.67. The predicted octanol–water partition coefficient (Wildman–Crippen LogP) is -0.0134. The van der Waals surface area contributed by atoms with Gasteiger partial charge in [-0.15, -0.1) is 11.6 Å². The Balaban J connectivity index is 2.26. The standard InChI is InChI=1S/C14H17ClO8/c1-5(16)20-4-8-12(21-6(2)17)14(22-7(3)18)9-11(19)10(15)13(9)23-8/h8-10,12-14H,4H2,1-3H3/t8-,9+,10+,12-,13+,14-/m1/s1. The molecule has 23 heavy (non-hydrogen) atoms. The molecule has 0 spiro atoms. The van der Waals surface area contributed by atoms with Gasteiger partial charge in [0, 0.05) is 20.8 Å². The van der Waals surface area contributed by atoms with E-state index >= 15 is 0 Å². The zero-order valence-electron chi connectivity index (χ0n) is 12.8. The van der Waals surface area contributed by atoms with E-state index in [1.807, 2.05) is 0 Å². The maximum Gasteiger partial charge on any atom is 0.303 e. The van der Waals surface area contributed by atoms with E-state index in [0.717, 1.165) is 0 Å². The highest BCUT2D eigenvalue weighted by Gasteiger charge is 2.63. The molecule has 1 heterocycles. The average molecular weight is 349 g/mol. The molecule has 0 radical (unpaired) electrons. The van der Waals surface area contributed by atoms with E-state index < -0.39 is 53.6 Å². The van der Waals surface area contributed by atoms with Crippen molar-refractivity contribution >= 4 is 35.3 Å². The van der Waals surface area contributed by atoms with Crippen LogP contribution in [0.3, 0.4) is 0 Å². The van der Waals surface area contributed by atoms with Crippen molar-refractivity contribution in [3.8, 4) is 0 Å². The molecule has 0 aromatic heterocycles. The second kappa shape index (κ2) is 6.84. The topological polar surface area (TPSA) is 105 Å². The van der Waals surface area contributed by atoms with Crippen LogP contribution in [0.1, 0.15) is 20.8 Å². The van der Waals surface area contributed by atoms with Crippen molar-refractivity contribution in [3.63, 3.8) is 0 Å². The molecular formula is C14H17ClO8. The summed E-state index contributed by atoms with van der Waals surface area (Å²) >= 11 is 5.93. The second-order valence-electron chi connectivity index (χ2n) is 5.42. The summed E-state index contributed by atoms with van der Waals surface area (Å²) in [5.41, 5.74) is 0. The maximum absolute atomic E-state index is 12.0. The van der Waals surface area contributed by atoms with Gasteiger partial charge in [-0.3, -0.25) is 19.2 Å². The number of ether oxygens (including phenoxy) is 4. The van der Waals surface area contributed by atoms with Crippen molar-refractivity contribution in [1.82, 2.24) is 0 Å². The van der Waals surface area contributed by atoms with Gasteiger partial charge in [0.15, 0.2) is 18.0 Å². The van der Waals surface area contributed by atoms with E-state index in [2.05, 4.69) is 0 Å². The lowest BCUT2D eigenvalue weighted by molar-refractivity contribution is -0.244. The van der Waals surface area contributed by atoms with Gasteiger partial charge in [-0.1, -0.05) is 0 Å². The summed E-state index contributed by atoms with van der Waals surface area (Å²) in [4.78, 5) is 45.7. The molecular weight excluding hydrogens is 332 g/mol. The highest BCUT2D eigenvalue weighted by Crippen LogP contribution is 2.42. The first-order valence-electron chi connectivity index (χ1n) is 7.03. The lowest BCUT2D eigenvalue weighted by atomic mass is 9.71. The fourth-order valence-electron chi connectivity index (χ4n) is 2.77. The minimum atomic E-state index is -1.06. The normalized spacial score (nSPS) is 35.6. The third kappa shape index (κ3) is 3.64. The lowest BCUT2D eigenvalue weighted by Gasteiger charge is -2.51. The van der Waals surface area contributed by atoms with Gasteiger partial charge in [0.2, 0.25) is 0 Å². The van der Waals surface area contributed by atoms with Gasteiger partial charge in [-0.05, 0) is 0 Å². The number of fused-ring (bicyclic) bond motifs is 1. The van der Waals surface area contributed by atoms with Crippen LogP contribution in [0.25, 0.3) is 0 Å². The second-order valence-corrected chi connectivity index (χ2v) is 5.89. The Morgan fingerprint density at radius 2 is 1.61 bits per heavy atom. The van der Waals surface area contributed by atoms with Crippen molar-refractivity contribution < 1.29 is 38.1 Å². The Morgan fingerprint density at radius 3 is 2.13 bits per heavy atom. The molecule has 0 bridgehead atoms. The van der Waals surface area contributed by atoms with E-state index in [-0.39, 0.29) is 12.4 Å². The Kier molecular flexibility index (Phi) is 5.26. The van der Waals surface area contributed by atoms with E-state index in [4.69, 9.17) is 30.5 Å². The molecule has 128 valence electrons. The van der Waals surface area contributed by atoms with Crippen LogP contribution >= 0.6 is 11.6 Å². The van der Waals surface area contributed by atoms with Gasteiger partial charge in [0.1, 0.15) is 18.1 Å². The number of Topliss-reactive ketones (excluding diaryl/α,β-unsaturated/α-hetero) is 1. The van der Waals surface area contributed by atoms with Crippen molar-refractivity contribution in [3.05, 3.63) is 0 Å². The molecule has 1 aliphatic heterocycles. The number of carbonyl (C=O) groups excluding carboxylic acids is 4.